The molecule has 8 nitrogen and oxygen atoms in total. The van der Waals surface area contributed by atoms with Gasteiger partial charge in [0.2, 0.25) is 0 Å². The Labute approximate surface area is 176 Å². The maximum Gasteiger partial charge on any atom is 0.182 e. The summed E-state index contributed by atoms with van der Waals surface area (Å²) in [5.41, 5.74) is 2.84. The van der Waals surface area contributed by atoms with Gasteiger partial charge in [-0.2, -0.15) is 5.10 Å². The van der Waals surface area contributed by atoms with Crippen molar-refractivity contribution in [1.29, 1.82) is 0 Å². The van der Waals surface area contributed by atoms with Crippen LogP contribution in [0.3, 0.4) is 0 Å². The Hall–Kier alpha value is -3.10. The van der Waals surface area contributed by atoms with Crippen molar-refractivity contribution < 1.29 is 9.84 Å². The Bertz CT molecular complexity index is 1020. The van der Waals surface area contributed by atoms with Gasteiger partial charge in [-0.05, 0) is 39.3 Å². The van der Waals surface area contributed by atoms with Gasteiger partial charge >= 0.3 is 0 Å². The highest BCUT2D eigenvalue weighted by molar-refractivity contribution is 5.74. The van der Waals surface area contributed by atoms with Crippen molar-refractivity contribution in [3.05, 3.63) is 54.4 Å². The van der Waals surface area contributed by atoms with E-state index in [0.717, 1.165) is 11.3 Å². The first-order chi connectivity index (χ1) is 14.4. The minimum atomic E-state index is -0.595. The minimum Gasteiger partial charge on any atom is -0.387 e. The molecule has 3 aromatic heterocycles. The molecule has 3 aromatic rings. The van der Waals surface area contributed by atoms with Gasteiger partial charge in [-0.1, -0.05) is 25.7 Å². The number of hydrogen-bond acceptors (Lipinski definition) is 6. The normalized spacial score (nSPS) is 13.8. The molecular weight excluding hydrogens is 380 g/mol. The molecule has 0 fully saturated rings. The molecule has 8 heteroatoms. The van der Waals surface area contributed by atoms with Crippen molar-refractivity contribution in [2.24, 2.45) is 0 Å². The first-order valence-corrected chi connectivity index (χ1v) is 10.0. The number of aromatic nitrogens is 6. The Morgan fingerprint density at radius 1 is 1.30 bits per heavy atom. The lowest BCUT2D eigenvalue weighted by Gasteiger charge is -2.11. The van der Waals surface area contributed by atoms with Crippen molar-refractivity contribution in [3.8, 4) is 17.3 Å². The van der Waals surface area contributed by atoms with Crippen LogP contribution in [0.15, 0.2) is 37.4 Å². The van der Waals surface area contributed by atoms with Crippen molar-refractivity contribution in [1.82, 2.24) is 29.7 Å². The zero-order valence-corrected chi connectivity index (χ0v) is 17.8. The van der Waals surface area contributed by atoms with Crippen molar-refractivity contribution >= 4 is 12.2 Å². The number of imidazole rings is 1. The van der Waals surface area contributed by atoms with E-state index >= 15 is 0 Å². The molecule has 0 radical (unpaired) electrons. The van der Waals surface area contributed by atoms with Gasteiger partial charge in [0.25, 0.3) is 0 Å². The fourth-order valence-electron chi connectivity index (χ4n) is 3.03. The fraction of sp³-hybridized carbons (Fsp3) is 0.364. The average molecular weight is 409 g/mol. The number of aromatic amines is 1. The number of hydrogen-bond donors (Lipinski definition) is 2. The van der Waals surface area contributed by atoms with E-state index < -0.39 is 6.10 Å². The van der Waals surface area contributed by atoms with Crippen molar-refractivity contribution in [2.75, 3.05) is 0 Å². The zero-order valence-electron chi connectivity index (χ0n) is 17.8. The van der Waals surface area contributed by atoms with E-state index in [1.54, 1.807) is 35.4 Å². The second-order valence-corrected chi connectivity index (χ2v) is 7.22. The van der Waals surface area contributed by atoms with Crippen molar-refractivity contribution in [3.63, 3.8) is 0 Å². The van der Waals surface area contributed by atoms with Gasteiger partial charge in [0.05, 0.1) is 29.7 Å². The number of ether oxygens (including phenoxy) is 1. The number of H-pyrrole nitrogens is 1. The molecule has 0 aromatic carbocycles. The SMILES string of the molecule is C=Cc1c(-c2nccc(-n3cnc(C(O)CC)c3)n2)n[nH]c1/C=C\C(C)OC(C)C. The van der Waals surface area contributed by atoms with Crippen LogP contribution in [0, 0.1) is 0 Å². The summed E-state index contributed by atoms with van der Waals surface area (Å²) in [5, 5.41) is 17.4. The molecule has 2 N–H and O–H groups in total. The smallest absolute Gasteiger partial charge is 0.182 e. The molecule has 2 unspecified atom stereocenters. The van der Waals surface area contributed by atoms with E-state index in [9.17, 15) is 5.11 Å². The summed E-state index contributed by atoms with van der Waals surface area (Å²) in [6.07, 6.45) is 10.8. The molecule has 0 spiro atoms. The van der Waals surface area contributed by atoms with Crippen LogP contribution in [-0.4, -0.2) is 47.0 Å². The number of nitrogens with one attached hydrogen (secondary N) is 1. The summed E-state index contributed by atoms with van der Waals surface area (Å²) in [7, 11) is 0. The van der Waals surface area contributed by atoms with Gasteiger partial charge in [0.1, 0.15) is 17.8 Å². The highest BCUT2D eigenvalue weighted by Crippen LogP contribution is 2.24. The third kappa shape index (κ3) is 4.90. The van der Waals surface area contributed by atoms with Crippen LogP contribution in [0.4, 0.5) is 0 Å². The Kier molecular flexibility index (Phi) is 6.91. The van der Waals surface area contributed by atoms with E-state index in [1.165, 1.54) is 0 Å². The quantitative estimate of drug-likeness (QED) is 0.556. The van der Waals surface area contributed by atoms with Crippen molar-refractivity contribution in [2.45, 2.75) is 52.4 Å². The van der Waals surface area contributed by atoms with Gasteiger partial charge < -0.3 is 9.84 Å². The van der Waals surface area contributed by atoms with E-state index in [-0.39, 0.29) is 12.2 Å². The lowest BCUT2D eigenvalue weighted by atomic mass is 10.1. The predicted octanol–water partition coefficient (Wildman–Crippen LogP) is 3.97. The van der Waals surface area contributed by atoms with E-state index in [2.05, 4.69) is 31.7 Å². The lowest BCUT2D eigenvalue weighted by molar-refractivity contribution is 0.0465. The molecule has 0 aliphatic heterocycles. The summed E-state index contributed by atoms with van der Waals surface area (Å²) in [4.78, 5) is 13.3. The predicted molar refractivity (Wildman–Crippen MR) is 117 cm³/mol. The summed E-state index contributed by atoms with van der Waals surface area (Å²) in [6, 6.07) is 1.78. The van der Waals surface area contributed by atoms with Crippen LogP contribution in [0.5, 0.6) is 0 Å². The van der Waals surface area contributed by atoms with Crippen LogP contribution < -0.4 is 0 Å². The number of nitrogens with zero attached hydrogens (tertiary/aromatic N) is 5. The van der Waals surface area contributed by atoms with Gasteiger partial charge in [-0.3, -0.25) is 9.67 Å². The minimum absolute atomic E-state index is 0.0251. The van der Waals surface area contributed by atoms with Crippen LogP contribution in [0.1, 0.15) is 57.2 Å². The molecule has 0 saturated carbocycles. The first kappa shape index (κ1) is 21.6. The maximum atomic E-state index is 9.98. The number of rotatable bonds is 9. The molecule has 30 heavy (non-hydrogen) atoms. The topological polar surface area (TPSA) is 102 Å². The third-order valence-corrected chi connectivity index (χ3v) is 4.51. The molecule has 0 amide bonds. The molecule has 0 bridgehead atoms. The Balaban J connectivity index is 1.89. The second kappa shape index (κ2) is 9.60. The lowest BCUT2D eigenvalue weighted by Crippen LogP contribution is -2.11. The highest BCUT2D eigenvalue weighted by atomic mass is 16.5. The Morgan fingerprint density at radius 2 is 2.10 bits per heavy atom. The first-order valence-electron chi connectivity index (χ1n) is 10.0. The second-order valence-electron chi connectivity index (χ2n) is 7.22. The van der Waals surface area contributed by atoms with Gasteiger partial charge in [-0.25, -0.2) is 15.0 Å². The monoisotopic (exact) mass is 408 g/mol. The Morgan fingerprint density at radius 3 is 2.80 bits per heavy atom. The van der Waals surface area contributed by atoms with E-state index in [4.69, 9.17) is 4.74 Å². The number of aliphatic hydroxyl groups is 1. The average Bonchev–Trinajstić information content (AvgIpc) is 3.38. The zero-order chi connectivity index (χ0) is 21.7. The standard InChI is InChI=1S/C22H28N6O2/c1-6-16-17(9-8-15(5)30-14(3)4)26-27-21(16)22-23-11-10-20(25-22)28-12-18(24-13-28)19(29)7-2/h6,8-15,19,29H,1,7H2,2-5H3,(H,26,27)/b9-8-. The van der Waals surface area contributed by atoms with Crippen LogP contribution >= 0.6 is 0 Å². The van der Waals surface area contributed by atoms with Gasteiger partial charge in [0.15, 0.2) is 5.82 Å². The molecule has 3 heterocycles. The number of aliphatic hydroxyl groups excluding tert-OH is 1. The van der Waals surface area contributed by atoms with E-state index in [1.807, 2.05) is 39.8 Å². The molecule has 0 aliphatic carbocycles. The largest absolute Gasteiger partial charge is 0.387 e. The highest BCUT2D eigenvalue weighted by Gasteiger charge is 2.15. The fourth-order valence-corrected chi connectivity index (χ4v) is 3.03. The molecule has 3 rings (SSSR count). The molecule has 2 atom stereocenters. The van der Waals surface area contributed by atoms with Crippen LogP contribution in [0.25, 0.3) is 29.5 Å². The third-order valence-electron chi connectivity index (χ3n) is 4.51. The summed E-state index contributed by atoms with van der Waals surface area (Å²) in [5.74, 6) is 1.10. The van der Waals surface area contributed by atoms with Gasteiger partial charge in [0, 0.05) is 18.0 Å². The maximum absolute atomic E-state index is 9.98. The summed E-state index contributed by atoms with van der Waals surface area (Å²) < 4.78 is 7.49. The summed E-state index contributed by atoms with van der Waals surface area (Å²) >= 11 is 0. The van der Waals surface area contributed by atoms with Crippen LogP contribution in [0.2, 0.25) is 0 Å². The molecule has 0 aliphatic rings. The van der Waals surface area contributed by atoms with E-state index in [0.29, 0.717) is 29.5 Å². The summed E-state index contributed by atoms with van der Waals surface area (Å²) in [6.45, 7) is 11.8. The molecular formula is C22H28N6O2. The van der Waals surface area contributed by atoms with Crippen LogP contribution in [-0.2, 0) is 4.74 Å². The molecule has 158 valence electrons. The van der Waals surface area contributed by atoms with Gasteiger partial charge in [-0.15, -0.1) is 0 Å². The molecule has 0 saturated heterocycles.